The van der Waals surface area contributed by atoms with Crippen molar-refractivity contribution < 1.29 is 0 Å². The van der Waals surface area contributed by atoms with Crippen LogP contribution >= 0.6 is 11.8 Å². The number of thioether (sulfide) groups is 1. The van der Waals surface area contributed by atoms with Crippen LogP contribution in [-0.2, 0) is 6.42 Å². The predicted octanol–water partition coefficient (Wildman–Crippen LogP) is 4.18. The van der Waals surface area contributed by atoms with E-state index in [9.17, 15) is 0 Å². The number of aryl methyl sites for hydroxylation is 2. The molecule has 0 heterocycles. The summed E-state index contributed by atoms with van der Waals surface area (Å²) in [5.74, 6) is 0. The lowest BCUT2D eigenvalue weighted by molar-refractivity contribution is 1.11. The van der Waals surface area contributed by atoms with Crippen LogP contribution in [0.5, 0.6) is 0 Å². The molecular formula is C12H16S. The maximum Gasteiger partial charge on any atom is 0.0148 e. The predicted molar refractivity (Wildman–Crippen MR) is 61.2 cm³/mol. The van der Waals surface area contributed by atoms with Gasteiger partial charge in [-0.1, -0.05) is 37.4 Å². The summed E-state index contributed by atoms with van der Waals surface area (Å²) in [7, 11) is 0. The third-order valence-corrected chi connectivity index (χ3v) is 2.96. The first kappa shape index (κ1) is 10.4. The van der Waals surface area contributed by atoms with E-state index in [0.717, 1.165) is 11.3 Å². The van der Waals surface area contributed by atoms with E-state index in [1.807, 2.05) is 6.92 Å². The zero-order valence-electron chi connectivity index (χ0n) is 8.55. The van der Waals surface area contributed by atoms with Crippen molar-refractivity contribution in [2.45, 2.75) is 32.1 Å². The average Bonchev–Trinajstić information content (AvgIpc) is 2.08. The molecule has 0 unspecified atom stereocenters. The van der Waals surface area contributed by atoms with Crippen molar-refractivity contribution in [3.63, 3.8) is 0 Å². The van der Waals surface area contributed by atoms with Gasteiger partial charge in [0, 0.05) is 4.90 Å². The van der Waals surface area contributed by atoms with Gasteiger partial charge in [0.15, 0.2) is 0 Å². The molecule has 0 saturated heterocycles. The second kappa shape index (κ2) is 4.52. The van der Waals surface area contributed by atoms with Gasteiger partial charge in [-0.05, 0) is 42.4 Å². The lowest BCUT2D eigenvalue weighted by Gasteiger charge is -2.06. The fraction of sp³-hybridized carbons (Fsp3) is 0.333. The lowest BCUT2D eigenvalue weighted by Crippen LogP contribution is -1.84. The fourth-order valence-electron chi connectivity index (χ4n) is 1.23. The first-order valence-electron chi connectivity index (χ1n) is 4.56. The van der Waals surface area contributed by atoms with Crippen LogP contribution in [0.25, 0.3) is 0 Å². The van der Waals surface area contributed by atoms with Gasteiger partial charge in [0.2, 0.25) is 0 Å². The number of hydrogen-bond donors (Lipinski definition) is 0. The molecule has 0 bridgehead atoms. The second-order valence-corrected chi connectivity index (χ2v) is 4.60. The summed E-state index contributed by atoms with van der Waals surface area (Å²) >= 11 is 1.75. The van der Waals surface area contributed by atoms with E-state index in [2.05, 4.69) is 38.6 Å². The molecule has 70 valence electrons. The Morgan fingerprint density at radius 1 is 1.46 bits per heavy atom. The van der Waals surface area contributed by atoms with E-state index in [1.165, 1.54) is 16.0 Å². The molecule has 0 fully saturated rings. The third kappa shape index (κ3) is 2.92. The Bertz CT molecular complexity index is 313. The van der Waals surface area contributed by atoms with Gasteiger partial charge >= 0.3 is 0 Å². The van der Waals surface area contributed by atoms with Gasteiger partial charge in [-0.25, -0.2) is 0 Å². The molecule has 1 rings (SSSR count). The van der Waals surface area contributed by atoms with E-state index in [0.29, 0.717) is 0 Å². The topological polar surface area (TPSA) is 0 Å². The summed E-state index contributed by atoms with van der Waals surface area (Å²) in [4.78, 5) is 2.47. The van der Waals surface area contributed by atoms with Gasteiger partial charge < -0.3 is 0 Å². The molecule has 0 N–H and O–H groups in total. The van der Waals surface area contributed by atoms with Gasteiger partial charge in [-0.15, -0.1) is 0 Å². The Morgan fingerprint density at radius 3 is 2.62 bits per heavy atom. The highest BCUT2D eigenvalue weighted by Gasteiger charge is 1.99. The highest BCUT2D eigenvalue weighted by molar-refractivity contribution is 8.03. The Labute approximate surface area is 85.1 Å². The summed E-state index contributed by atoms with van der Waals surface area (Å²) in [5.41, 5.74) is 2.76. The molecule has 0 aromatic heterocycles. The van der Waals surface area contributed by atoms with Crippen LogP contribution in [0.2, 0.25) is 0 Å². The molecule has 0 atom stereocenters. The number of rotatable bonds is 3. The molecule has 0 aliphatic heterocycles. The maximum atomic E-state index is 3.90. The van der Waals surface area contributed by atoms with Crippen molar-refractivity contribution in [2.24, 2.45) is 0 Å². The van der Waals surface area contributed by atoms with Gasteiger partial charge in [-0.3, -0.25) is 0 Å². The minimum Gasteiger partial charge on any atom is -0.0952 e. The van der Waals surface area contributed by atoms with Gasteiger partial charge in [0.05, 0.1) is 0 Å². The molecular weight excluding hydrogens is 176 g/mol. The zero-order chi connectivity index (χ0) is 9.84. The van der Waals surface area contributed by atoms with Crippen LogP contribution in [0.1, 0.15) is 25.0 Å². The molecule has 0 amide bonds. The number of hydrogen-bond acceptors (Lipinski definition) is 1. The van der Waals surface area contributed by atoms with E-state index in [4.69, 9.17) is 0 Å². The van der Waals surface area contributed by atoms with Crippen molar-refractivity contribution in [1.82, 2.24) is 0 Å². The van der Waals surface area contributed by atoms with E-state index < -0.39 is 0 Å². The minimum absolute atomic E-state index is 1.11. The quantitative estimate of drug-likeness (QED) is 0.647. The highest BCUT2D eigenvalue weighted by atomic mass is 32.2. The smallest absolute Gasteiger partial charge is 0.0148 e. The number of benzene rings is 1. The summed E-state index contributed by atoms with van der Waals surface area (Å²) in [6.07, 6.45) is 1.11. The Morgan fingerprint density at radius 2 is 2.15 bits per heavy atom. The first-order valence-corrected chi connectivity index (χ1v) is 5.38. The largest absolute Gasteiger partial charge is 0.0952 e. The van der Waals surface area contributed by atoms with Crippen molar-refractivity contribution in [1.29, 1.82) is 0 Å². The Kier molecular flexibility index (Phi) is 3.61. The standard InChI is InChI=1S/C12H16S/c1-5-11-6-7-12(10(4)8-11)13-9(2)3/h6-8H,2,5H2,1,3-4H3. The summed E-state index contributed by atoms with van der Waals surface area (Å²) in [6, 6.07) is 6.64. The first-order chi connectivity index (χ1) is 6.13. The second-order valence-electron chi connectivity index (χ2n) is 3.26. The third-order valence-electron chi connectivity index (χ3n) is 1.93. The highest BCUT2D eigenvalue weighted by Crippen LogP contribution is 2.28. The van der Waals surface area contributed by atoms with Gasteiger partial charge in [-0.2, -0.15) is 0 Å². The van der Waals surface area contributed by atoms with Crippen LogP contribution in [-0.4, -0.2) is 0 Å². The average molecular weight is 192 g/mol. The van der Waals surface area contributed by atoms with E-state index >= 15 is 0 Å². The Balaban J connectivity index is 2.91. The molecule has 0 aliphatic rings. The molecule has 1 aromatic rings. The number of allylic oxidation sites excluding steroid dienone is 1. The van der Waals surface area contributed by atoms with Crippen LogP contribution in [0.15, 0.2) is 34.6 Å². The molecule has 0 saturated carbocycles. The van der Waals surface area contributed by atoms with Crippen molar-refractivity contribution in [3.05, 3.63) is 40.8 Å². The van der Waals surface area contributed by atoms with Gasteiger partial charge in [0.1, 0.15) is 0 Å². The van der Waals surface area contributed by atoms with E-state index in [-0.39, 0.29) is 0 Å². The van der Waals surface area contributed by atoms with Crippen molar-refractivity contribution >= 4 is 11.8 Å². The molecule has 0 spiro atoms. The molecule has 13 heavy (non-hydrogen) atoms. The van der Waals surface area contributed by atoms with Crippen LogP contribution in [0, 0.1) is 6.92 Å². The Hall–Kier alpha value is -0.690. The monoisotopic (exact) mass is 192 g/mol. The summed E-state index contributed by atoms with van der Waals surface area (Å²) in [5, 5.41) is 0. The maximum absolute atomic E-state index is 3.90. The zero-order valence-corrected chi connectivity index (χ0v) is 9.37. The fourth-order valence-corrected chi connectivity index (χ4v) is 1.97. The molecule has 0 radical (unpaired) electrons. The van der Waals surface area contributed by atoms with Gasteiger partial charge in [0.25, 0.3) is 0 Å². The molecule has 0 nitrogen and oxygen atoms in total. The SMILES string of the molecule is C=C(C)Sc1ccc(CC)cc1C. The normalized spacial score (nSPS) is 10.1. The molecule has 1 heteroatoms. The van der Waals surface area contributed by atoms with Crippen molar-refractivity contribution in [3.8, 4) is 0 Å². The van der Waals surface area contributed by atoms with Crippen LogP contribution < -0.4 is 0 Å². The summed E-state index contributed by atoms with van der Waals surface area (Å²) < 4.78 is 0. The molecule has 0 aliphatic carbocycles. The summed E-state index contributed by atoms with van der Waals surface area (Å²) in [6.45, 7) is 10.3. The molecule has 1 aromatic carbocycles. The van der Waals surface area contributed by atoms with E-state index in [1.54, 1.807) is 11.8 Å². The van der Waals surface area contributed by atoms with Crippen molar-refractivity contribution in [2.75, 3.05) is 0 Å². The van der Waals surface area contributed by atoms with Crippen LogP contribution in [0.4, 0.5) is 0 Å². The minimum atomic E-state index is 1.11. The van der Waals surface area contributed by atoms with Crippen LogP contribution in [0.3, 0.4) is 0 Å². The lowest BCUT2D eigenvalue weighted by atomic mass is 10.1.